The second-order valence-corrected chi connectivity index (χ2v) is 5.94. The summed E-state index contributed by atoms with van der Waals surface area (Å²) < 4.78 is 0. The van der Waals surface area contributed by atoms with E-state index in [1.807, 2.05) is 30.3 Å². The third-order valence-electron chi connectivity index (χ3n) is 4.16. The molecule has 7 heteroatoms. The smallest absolute Gasteiger partial charge is 0.237 e. The van der Waals surface area contributed by atoms with Crippen LogP contribution in [-0.2, 0) is 22.7 Å². The second kappa shape index (κ2) is 8.34. The summed E-state index contributed by atoms with van der Waals surface area (Å²) in [5.41, 5.74) is 1.86. The summed E-state index contributed by atoms with van der Waals surface area (Å²) in [5, 5.41) is 5.66. The highest BCUT2D eigenvalue weighted by Gasteiger charge is 2.31. The predicted octanol–water partition coefficient (Wildman–Crippen LogP) is 0.483. The molecular formula is C18H21N5O2. The van der Waals surface area contributed by atoms with Crippen LogP contribution in [0.5, 0.6) is 0 Å². The molecule has 0 radical (unpaired) electrons. The van der Waals surface area contributed by atoms with Crippen LogP contribution in [0.15, 0.2) is 48.9 Å². The molecule has 1 aliphatic rings. The molecule has 1 aromatic heterocycles. The van der Waals surface area contributed by atoms with Gasteiger partial charge in [0.05, 0.1) is 24.7 Å². The van der Waals surface area contributed by atoms with E-state index in [9.17, 15) is 9.59 Å². The summed E-state index contributed by atoms with van der Waals surface area (Å²) in [6.07, 6.45) is 3.20. The van der Waals surface area contributed by atoms with Crippen molar-refractivity contribution >= 4 is 11.8 Å². The molecule has 25 heavy (non-hydrogen) atoms. The van der Waals surface area contributed by atoms with Crippen molar-refractivity contribution in [1.82, 2.24) is 25.5 Å². The second-order valence-electron chi connectivity index (χ2n) is 5.94. The Bertz CT molecular complexity index is 708. The van der Waals surface area contributed by atoms with Crippen LogP contribution in [0.3, 0.4) is 0 Å². The van der Waals surface area contributed by atoms with Crippen LogP contribution in [0.25, 0.3) is 0 Å². The minimum Gasteiger partial charge on any atom is -0.353 e. The number of aromatic nitrogens is 2. The molecule has 0 saturated carbocycles. The molecule has 0 bridgehead atoms. The zero-order valence-corrected chi connectivity index (χ0v) is 13.9. The molecule has 1 aliphatic heterocycles. The van der Waals surface area contributed by atoms with Gasteiger partial charge in [0.15, 0.2) is 0 Å². The van der Waals surface area contributed by atoms with Crippen LogP contribution >= 0.6 is 0 Å². The number of carbonyl (C=O) groups is 2. The molecule has 0 aliphatic carbocycles. The minimum absolute atomic E-state index is 0.0978. The van der Waals surface area contributed by atoms with E-state index >= 15 is 0 Å². The van der Waals surface area contributed by atoms with Gasteiger partial charge in [0, 0.05) is 25.8 Å². The van der Waals surface area contributed by atoms with E-state index in [1.54, 1.807) is 12.3 Å². The Balaban J connectivity index is 1.58. The maximum absolute atomic E-state index is 12.3. The molecule has 2 N–H and O–H groups in total. The molecule has 7 nitrogen and oxygen atoms in total. The van der Waals surface area contributed by atoms with Crippen LogP contribution in [0.1, 0.15) is 17.7 Å². The molecular weight excluding hydrogens is 318 g/mol. The van der Waals surface area contributed by atoms with E-state index in [0.717, 1.165) is 17.8 Å². The number of nitrogens with zero attached hydrogens (tertiary/aromatic N) is 3. The summed E-state index contributed by atoms with van der Waals surface area (Å²) in [5.74, 6) is -0.266. The normalized spacial score (nSPS) is 17.8. The molecule has 1 aromatic carbocycles. The van der Waals surface area contributed by atoms with Crippen molar-refractivity contribution in [3.05, 3.63) is 60.2 Å². The lowest BCUT2D eigenvalue weighted by Crippen LogP contribution is -2.56. The van der Waals surface area contributed by atoms with Gasteiger partial charge in [-0.25, -0.2) is 9.97 Å². The Morgan fingerprint density at radius 2 is 2.12 bits per heavy atom. The Morgan fingerprint density at radius 3 is 2.88 bits per heavy atom. The summed E-state index contributed by atoms with van der Waals surface area (Å²) in [6.45, 7) is 2.31. The fraction of sp³-hybridized carbons (Fsp3) is 0.333. The molecule has 130 valence electrons. The standard InChI is InChI=1S/C18H21N5O2/c24-17(21-11-15-6-7-19-13-22-15)10-16-18(25)20-8-9-23(16)12-14-4-2-1-3-5-14/h1-7,13,16H,8-12H2,(H,20,25)(H,21,24)/t16-/m1/s1. The van der Waals surface area contributed by atoms with Gasteiger partial charge >= 0.3 is 0 Å². The van der Waals surface area contributed by atoms with Gasteiger partial charge < -0.3 is 10.6 Å². The van der Waals surface area contributed by atoms with Crippen molar-refractivity contribution in [2.45, 2.75) is 25.6 Å². The number of amides is 2. The summed E-state index contributed by atoms with van der Waals surface area (Å²) >= 11 is 0. The largest absolute Gasteiger partial charge is 0.353 e. The first-order valence-corrected chi connectivity index (χ1v) is 8.29. The summed E-state index contributed by atoms with van der Waals surface area (Å²) in [4.78, 5) is 34.5. The average molecular weight is 339 g/mol. The molecule has 3 rings (SSSR count). The van der Waals surface area contributed by atoms with E-state index in [2.05, 4.69) is 25.5 Å². The molecule has 0 spiro atoms. The molecule has 1 saturated heterocycles. The Morgan fingerprint density at radius 1 is 1.28 bits per heavy atom. The van der Waals surface area contributed by atoms with Crippen LogP contribution < -0.4 is 10.6 Å². The van der Waals surface area contributed by atoms with E-state index in [4.69, 9.17) is 0 Å². The first-order valence-electron chi connectivity index (χ1n) is 8.29. The zero-order chi connectivity index (χ0) is 17.5. The highest BCUT2D eigenvalue weighted by atomic mass is 16.2. The van der Waals surface area contributed by atoms with Gasteiger partial charge in [0.1, 0.15) is 6.33 Å². The van der Waals surface area contributed by atoms with Gasteiger partial charge in [-0.3, -0.25) is 14.5 Å². The Labute approximate surface area is 146 Å². The molecule has 2 aromatic rings. The van der Waals surface area contributed by atoms with E-state index in [0.29, 0.717) is 19.6 Å². The number of hydrogen-bond donors (Lipinski definition) is 2. The van der Waals surface area contributed by atoms with Crippen LogP contribution in [0.4, 0.5) is 0 Å². The maximum Gasteiger partial charge on any atom is 0.237 e. The fourth-order valence-corrected chi connectivity index (χ4v) is 2.85. The summed E-state index contributed by atoms with van der Waals surface area (Å²) in [7, 11) is 0. The average Bonchev–Trinajstić information content (AvgIpc) is 2.65. The van der Waals surface area contributed by atoms with Gasteiger partial charge in [0.2, 0.25) is 11.8 Å². The van der Waals surface area contributed by atoms with Gasteiger partial charge in [-0.2, -0.15) is 0 Å². The Hall–Kier alpha value is -2.80. The number of hydrogen-bond acceptors (Lipinski definition) is 5. The monoisotopic (exact) mass is 339 g/mol. The van der Waals surface area contributed by atoms with Crippen molar-refractivity contribution in [3.8, 4) is 0 Å². The van der Waals surface area contributed by atoms with E-state index < -0.39 is 6.04 Å². The van der Waals surface area contributed by atoms with Crippen LogP contribution in [0, 0.1) is 0 Å². The highest BCUT2D eigenvalue weighted by Crippen LogP contribution is 2.14. The van der Waals surface area contributed by atoms with E-state index in [1.165, 1.54) is 6.33 Å². The van der Waals surface area contributed by atoms with Gasteiger partial charge in [-0.15, -0.1) is 0 Å². The topological polar surface area (TPSA) is 87.2 Å². The first-order chi connectivity index (χ1) is 12.2. The van der Waals surface area contributed by atoms with Gasteiger partial charge in [0.25, 0.3) is 0 Å². The number of piperazine rings is 1. The number of benzene rings is 1. The number of rotatable bonds is 6. The van der Waals surface area contributed by atoms with Crippen molar-refractivity contribution < 1.29 is 9.59 Å². The highest BCUT2D eigenvalue weighted by molar-refractivity contribution is 5.88. The number of nitrogens with one attached hydrogen (secondary N) is 2. The third-order valence-corrected chi connectivity index (χ3v) is 4.16. The maximum atomic E-state index is 12.3. The van der Waals surface area contributed by atoms with Crippen molar-refractivity contribution in [1.29, 1.82) is 0 Å². The zero-order valence-electron chi connectivity index (χ0n) is 13.9. The molecule has 1 fully saturated rings. The quantitative estimate of drug-likeness (QED) is 0.799. The molecule has 1 atom stereocenters. The lowest BCUT2D eigenvalue weighted by molar-refractivity contribution is -0.134. The Kier molecular flexibility index (Phi) is 5.69. The molecule has 2 heterocycles. The van der Waals surface area contributed by atoms with Gasteiger partial charge in [-0.05, 0) is 11.6 Å². The van der Waals surface area contributed by atoms with Crippen LogP contribution in [0.2, 0.25) is 0 Å². The van der Waals surface area contributed by atoms with Crippen molar-refractivity contribution in [2.24, 2.45) is 0 Å². The molecule has 0 unspecified atom stereocenters. The van der Waals surface area contributed by atoms with Crippen LogP contribution in [-0.4, -0.2) is 45.8 Å². The minimum atomic E-state index is -0.459. The van der Waals surface area contributed by atoms with Gasteiger partial charge in [-0.1, -0.05) is 30.3 Å². The SMILES string of the molecule is O=C(C[C@@H]1C(=O)NCCN1Cc1ccccc1)NCc1ccncn1. The van der Waals surface area contributed by atoms with Crippen molar-refractivity contribution in [3.63, 3.8) is 0 Å². The first kappa shape index (κ1) is 17.0. The predicted molar refractivity (Wildman–Crippen MR) is 92.1 cm³/mol. The lowest BCUT2D eigenvalue weighted by Gasteiger charge is -2.34. The van der Waals surface area contributed by atoms with Crippen molar-refractivity contribution in [2.75, 3.05) is 13.1 Å². The molecule has 2 amide bonds. The fourth-order valence-electron chi connectivity index (χ4n) is 2.85. The summed E-state index contributed by atoms with van der Waals surface area (Å²) in [6, 6.07) is 11.3. The lowest BCUT2D eigenvalue weighted by atomic mass is 10.1. The number of carbonyl (C=O) groups excluding carboxylic acids is 2. The third kappa shape index (κ3) is 4.84. The van der Waals surface area contributed by atoms with E-state index in [-0.39, 0.29) is 18.2 Å².